The van der Waals surface area contributed by atoms with Gasteiger partial charge >= 0.3 is 11.8 Å². The van der Waals surface area contributed by atoms with E-state index in [1.54, 1.807) is 24.3 Å². The largest absolute Gasteiger partial charge is 0.338 e. The van der Waals surface area contributed by atoms with Crippen molar-refractivity contribution >= 4 is 23.6 Å². The van der Waals surface area contributed by atoms with Gasteiger partial charge in [0.1, 0.15) is 0 Å². The SMILES string of the molecule is O=C(Nc1ccccc1)C(=O)NC1C=CC=CC1=Cc1ccccc1. The molecule has 0 spiro atoms. The van der Waals surface area contributed by atoms with Crippen LogP contribution in [0.15, 0.2) is 90.5 Å². The Bertz CT molecular complexity index is 837. The lowest BCUT2D eigenvalue weighted by molar-refractivity contribution is -0.136. The predicted octanol–water partition coefficient (Wildman–Crippen LogP) is 3.32. The van der Waals surface area contributed by atoms with Gasteiger partial charge in [-0.15, -0.1) is 0 Å². The molecule has 0 saturated heterocycles. The van der Waals surface area contributed by atoms with Crippen molar-refractivity contribution in [3.8, 4) is 0 Å². The molecule has 4 nitrogen and oxygen atoms in total. The minimum Gasteiger partial charge on any atom is -0.338 e. The molecule has 1 atom stereocenters. The molecule has 2 amide bonds. The van der Waals surface area contributed by atoms with Gasteiger partial charge in [-0.05, 0) is 29.3 Å². The third-order valence-corrected chi connectivity index (χ3v) is 3.72. The molecular formula is C21H18N2O2. The lowest BCUT2D eigenvalue weighted by Crippen LogP contribution is -2.42. The van der Waals surface area contributed by atoms with Gasteiger partial charge in [-0.1, -0.05) is 72.8 Å². The van der Waals surface area contributed by atoms with Crippen LogP contribution in [0.1, 0.15) is 5.56 Å². The Morgan fingerprint density at radius 3 is 2.24 bits per heavy atom. The van der Waals surface area contributed by atoms with Crippen molar-refractivity contribution in [2.45, 2.75) is 6.04 Å². The maximum absolute atomic E-state index is 12.2. The summed E-state index contributed by atoms with van der Waals surface area (Å²) in [5.74, 6) is -1.36. The van der Waals surface area contributed by atoms with E-state index in [0.717, 1.165) is 11.1 Å². The average molecular weight is 330 g/mol. The monoisotopic (exact) mass is 330 g/mol. The van der Waals surface area contributed by atoms with E-state index in [2.05, 4.69) is 10.6 Å². The Labute approximate surface area is 146 Å². The fourth-order valence-electron chi connectivity index (χ4n) is 2.48. The Hall–Kier alpha value is -3.40. The quantitative estimate of drug-likeness (QED) is 0.848. The van der Waals surface area contributed by atoms with E-state index in [9.17, 15) is 9.59 Å². The number of hydrogen-bond donors (Lipinski definition) is 2. The number of amides is 2. The second kappa shape index (κ2) is 7.93. The number of allylic oxidation sites excluding steroid dienone is 2. The fourth-order valence-corrected chi connectivity index (χ4v) is 2.48. The summed E-state index contributed by atoms with van der Waals surface area (Å²) in [7, 11) is 0. The first-order valence-corrected chi connectivity index (χ1v) is 8.01. The van der Waals surface area contributed by atoms with Crippen molar-refractivity contribution in [3.63, 3.8) is 0 Å². The first-order chi connectivity index (χ1) is 12.2. The van der Waals surface area contributed by atoms with E-state index in [1.807, 2.05) is 66.8 Å². The van der Waals surface area contributed by atoms with Crippen molar-refractivity contribution in [3.05, 3.63) is 96.1 Å². The van der Waals surface area contributed by atoms with Gasteiger partial charge in [-0.25, -0.2) is 0 Å². The minimum atomic E-state index is -0.687. The highest BCUT2D eigenvalue weighted by Gasteiger charge is 2.19. The Morgan fingerprint density at radius 1 is 0.840 bits per heavy atom. The number of carbonyl (C=O) groups is 2. The van der Waals surface area contributed by atoms with Gasteiger partial charge < -0.3 is 10.6 Å². The van der Waals surface area contributed by atoms with Gasteiger partial charge in [0, 0.05) is 5.69 Å². The van der Waals surface area contributed by atoms with Gasteiger partial charge in [-0.2, -0.15) is 0 Å². The lowest BCUT2D eigenvalue weighted by atomic mass is 9.99. The molecule has 2 aromatic carbocycles. The van der Waals surface area contributed by atoms with E-state index >= 15 is 0 Å². The van der Waals surface area contributed by atoms with Gasteiger partial charge in [0.15, 0.2) is 0 Å². The highest BCUT2D eigenvalue weighted by atomic mass is 16.2. The molecule has 0 saturated carbocycles. The molecular weight excluding hydrogens is 312 g/mol. The molecule has 0 radical (unpaired) electrons. The fraction of sp³-hybridized carbons (Fsp3) is 0.0476. The molecule has 124 valence electrons. The molecule has 1 unspecified atom stereocenters. The first-order valence-electron chi connectivity index (χ1n) is 8.01. The molecule has 2 N–H and O–H groups in total. The lowest BCUT2D eigenvalue weighted by Gasteiger charge is -2.18. The highest BCUT2D eigenvalue weighted by molar-refractivity contribution is 6.39. The number of hydrogen-bond acceptors (Lipinski definition) is 2. The summed E-state index contributed by atoms with van der Waals surface area (Å²) in [6.45, 7) is 0. The summed E-state index contributed by atoms with van der Waals surface area (Å²) in [6.07, 6.45) is 9.51. The van der Waals surface area contributed by atoms with Crippen LogP contribution in [-0.4, -0.2) is 17.9 Å². The number of benzene rings is 2. The van der Waals surface area contributed by atoms with E-state index in [4.69, 9.17) is 0 Å². The van der Waals surface area contributed by atoms with Crippen molar-refractivity contribution in [2.75, 3.05) is 5.32 Å². The Balaban J connectivity index is 1.68. The van der Waals surface area contributed by atoms with E-state index in [0.29, 0.717) is 5.69 Å². The minimum absolute atomic E-state index is 0.348. The molecule has 0 aliphatic heterocycles. The second-order valence-corrected chi connectivity index (χ2v) is 5.57. The highest BCUT2D eigenvalue weighted by Crippen LogP contribution is 2.16. The number of para-hydroxylation sites is 1. The van der Waals surface area contributed by atoms with Gasteiger partial charge in [0.05, 0.1) is 6.04 Å². The van der Waals surface area contributed by atoms with E-state index < -0.39 is 11.8 Å². The predicted molar refractivity (Wildman–Crippen MR) is 99.7 cm³/mol. The van der Waals surface area contributed by atoms with Crippen LogP contribution in [0.3, 0.4) is 0 Å². The molecule has 0 bridgehead atoms. The molecule has 0 aromatic heterocycles. The second-order valence-electron chi connectivity index (χ2n) is 5.57. The molecule has 1 aliphatic rings. The standard InChI is InChI=1S/C21H18N2O2/c24-20(22-18-12-5-2-6-13-18)21(25)23-19-14-8-7-11-17(19)15-16-9-3-1-4-10-16/h1-15,19H,(H,22,24)(H,23,25). The Morgan fingerprint density at radius 2 is 1.52 bits per heavy atom. The van der Waals surface area contributed by atoms with Crippen LogP contribution in [-0.2, 0) is 9.59 Å². The summed E-state index contributed by atoms with van der Waals surface area (Å²) in [4.78, 5) is 24.3. The average Bonchev–Trinajstić information content (AvgIpc) is 2.65. The van der Waals surface area contributed by atoms with Crippen molar-refractivity contribution < 1.29 is 9.59 Å². The summed E-state index contributed by atoms with van der Waals surface area (Å²) >= 11 is 0. The molecule has 3 rings (SSSR count). The van der Waals surface area contributed by atoms with Crippen LogP contribution in [0, 0.1) is 0 Å². The van der Waals surface area contributed by atoms with Gasteiger partial charge in [0.25, 0.3) is 0 Å². The van der Waals surface area contributed by atoms with Crippen LogP contribution in [0.4, 0.5) is 5.69 Å². The topological polar surface area (TPSA) is 58.2 Å². The zero-order valence-corrected chi connectivity index (χ0v) is 13.6. The maximum atomic E-state index is 12.2. The number of rotatable bonds is 3. The van der Waals surface area contributed by atoms with Crippen LogP contribution >= 0.6 is 0 Å². The molecule has 2 aromatic rings. The normalized spacial score (nSPS) is 17.3. The van der Waals surface area contributed by atoms with E-state index in [-0.39, 0.29) is 6.04 Å². The zero-order chi connectivity index (χ0) is 17.5. The number of nitrogens with one attached hydrogen (secondary N) is 2. The van der Waals surface area contributed by atoms with E-state index in [1.165, 1.54) is 0 Å². The number of carbonyl (C=O) groups excluding carboxylic acids is 2. The van der Waals surface area contributed by atoms with Gasteiger partial charge in [0.2, 0.25) is 0 Å². The van der Waals surface area contributed by atoms with Crippen LogP contribution in [0.2, 0.25) is 0 Å². The summed E-state index contributed by atoms with van der Waals surface area (Å²) in [5, 5.41) is 5.34. The molecule has 0 heterocycles. The van der Waals surface area contributed by atoms with Crippen molar-refractivity contribution in [1.82, 2.24) is 5.32 Å². The molecule has 4 heteroatoms. The van der Waals surface area contributed by atoms with Crippen LogP contribution in [0.25, 0.3) is 6.08 Å². The summed E-state index contributed by atoms with van der Waals surface area (Å²) < 4.78 is 0. The Kier molecular flexibility index (Phi) is 5.22. The molecule has 25 heavy (non-hydrogen) atoms. The first kappa shape index (κ1) is 16.5. The van der Waals surface area contributed by atoms with Gasteiger partial charge in [-0.3, -0.25) is 9.59 Å². The third-order valence-electron chi connectivity index (χ3n) is 3.72. The smallest absolute Gasteiger partial charge is 0.313 e. The van der Waals surface area contributed by atoms with Crippen LogP contribution < -0.4 is 10.6 Å². The third kappa shape index (κ3) is 4.54. The summed E-state index contributed by atoms with van der Waals surface area (Å²) in [5.41, 5.74) is 2.53. The zero-order valence-electron chi connectivity index (χ0n) is 13.6. The molecule has 1 aliphatic carbocycles. The maximum Gasteiger partial charge on any atom is 0.313 e. The van der Waals surface area contributed by atoms with Crippen molar-refractivity contribution in [1.29, 1.82) is 0 Å². The van der Waals surface area contributed by atoms with Crippen LogP contribution in [0.5, 0.6) is 0 Å². The van der Waals surface area contributed by atoms with Crippen molar-refractivity contribution in [2.24, 2.45) is 0 Å². The number of anilines is 1. The summed E-state index contributed by atoms with van der Waals surface area (Å²) in [6, 6.07) is 18.4. The molecule has 0 fully saturated rings.